The summed E-state index contributed by atoms with van der Waals surface area (Å²) in [6.45, 7) is 10.6. The SMILES string of the molecule is Cc1cc(C(F)(F)F)c(NCc2ccccc2)c(N(CCN(C(C)C)C(C)C)C(=O)N(C)C)n1. The summed E-state index contributed by atoms with van der Waals surface area (Å²) >= 11 is 0. The van der Waals surface area contributed by atoms with Gasteiger partial charge in [-0.05, 0) is 46.2 Å². The predicted octanol–water partition coefficient (Wildman–Crippen LogP) is 5.63. The first-order valence-electron chi connectivity index (χ1n) is 11.4. The number of carbonyl (C=O) groups excluding carboxylic acids is 1. The number of alkyl halides is 3. The van der Waals surface area contributed by atoms with E-state index in [0.717, 1.165) is 11.6 Å². The second-order valence-corrected chi connectivity index (χ2v) is 9.10. The number of rotatable bonds is 9. The number of amides is 2. The molecule has 0 spiro atoms. The Hall–Kier alpha value is -2.81. The summed E-state index contributed by atoms with van der Waals surface area (Å²) in [5.41, 5.74) is -0.0306. The smallest absolute Gasteiger partial charge is 0.377 e. The molecule has 0 aliphatic rings. The molecule has 0 saturated heterocycles. The third kappa shape index (κ3) is 7.09. The number of halogens is 3. The minimum atomic E-state index is -4.61. The van der Waals surface area contributed by atoms with Gasteiger partial charge in [0, 0.05) is 51.5 Å². The molecule has 0 fully saturated rings. The summed E-state index contributed by atoms with van der Waals surface area (Å²) in [4.78, 5) is 22.5. The Bertz CT molecular complexity index is 938. The van der Waals surface area contributed by atoms with E-state index in [-0.39, 0.29) is 42.4 Å². The second-order valence-electron chi connectivity index (χ2n) is 9.10. The van der Waals surface area contributed by atoms with Gasteiger partial charge in [-0.25, -0.2) is 9.78 Å². The van der Waals surface area contributed by atoms with Gasteiger partial charge >= 0.3 is 12.2 Å². The van der Waals surface area contributed by atoms with Crippen molar-refractivity contribution in [1.82, 2.24) is 14.8 Å². The normalized spacial score (nSPS) is 11.9. The van der Waals surface area contributed by atoms with Gasteiger partial charge in [-0.15, -0.1) is 0 Å². The van der Waals surface area contributed by atoms with E-state index >= 15 is 0 Å². The lowest BCUT2D eigenvalue weighted by atomic mass is 10.1. The summed E-state index contributed by atoms with van der Waals surface area (Å²) in [5, 5.41) is 2.93. The molecule has 34 heavy (non-hydrogen) atoms. The van der Waals surface area contributed by atoms with Crippen LogP contribution < -0.4 is 10.2 Å². The maximum atomic E-state index is 14.1. The number of aryl methyl sites for hydroxylation is 1. The summed E-state index contributed by atoms with van der Waals surface area (Å²) in [7, 11) is 3.16. The highest BCUT2D eigenvalue weighted by Crippen LogP contribution is 2.40. The van der Waals surface area contributed by atoms with Crippen molar-refractivity contribution in [3.63, 3.8) is 0 Å². The summed E-state index contributed by atoms with van der Waals surface area (Å²) < 4.78 is 42.3. The first-order chi connectivity index (χ1) is 15.8. The fourth-order valence-electron chi connectivity index (χ4n) is 3.90. The van der Waals surface area contributed by atoms with Crippen LogP contribution in [0.4, 0.5) is 29.5 Å². The number of nitrogens with zero attached hydrogens (tertiary/aromatic N) is 4. The van der Waals surface area contributed by atoms with Crippen molar-refractivity contribution < 1.29 is 18.0 Å². The topological polar surface area (TPSA) is 51.7 Å². The van der Waals surface area contributed by atoms with Gasteiger partial charge in [-0.1, -0.05) is 30.3 Å². The van der Waals surface area contributed by atoms with Gasteiger partial charge < -0.3 is 10.2 Å². The molecule has 0 radical (unpaired) electrons. The number of anilines is 2. The summed E-state index contributed by atoms with van der Waals surface area (Å²) in [5.74, 6) is -0.0191. The molecule has 0 bridgehead atoms. The van der Waals surface area contributed by atoms with Crippen LogP contribution in [-0.4, -0.2) is 60.1 Å². The van der Waals surface area contributed by atoms with Crippen molar-refractivity contribution in [3.05, 3.63) is 53.2 Å². The third-order valence-electron chi connectivity index (χ3n) is 5.52. The average Bonchev–Trinajstić information content (AvgIpc) is 2.74. The van der Waals surface area contributed by atoms with Gasteiger partial charge in [0.2, 0.25) is 0 Å². The van der Waals surface area contributed by atoms with E-state index in [1.54, 1.807) is 14.1 Å². The minimum Gasteiger partial charge on any atom is -0.377 e. The van der Waals surface area contributed by atoms with Crippen LogP contribution in [0.3, 0.4) is 0 Å². The van der Waals surface area contributed by atoms with Crippen molar-refractivity contribution in [2.24, 2.45) is 0 Å². The molecule has 2 amide bonds. The number of nitrogens with one attached hydrogen (secondary N) is 1. The van der Waals surface area contributed by atoms with Crippen molar-refractivity contribution in [2.75, 3.05) is 37.4 Å². The van der Waals surface area contributed by atoms with Crippen molar-refractivity contribution in [1.29, 1.82) is 0 Å². The molecular formula is C25H36F3N5O. The van der Waals surface area contributed by atoms with E-state index in [1.165, 1.54) is 16.7 Å². The van der Waals surface area contributed by atoms with Crippen LogP contribution in [0.2, 0.25) is 0 Å². The molecule has 2 rings (SSSR count). The van der Waals surface area contributed by atoms with Crippen LogP contribution in [-0.2, 0) is 12.7 Å². The van der Waals surface area contributed by atoms with Crippen LogP contribution in [0, 0.1) is 6.92 Å². The van der Waals surface area contributed by atoms with Gasteiger partial charge in [0.25, 0.3) is 0 Å². The maximum absolute atomic E-state index is 14.1. The molecule has 0 aliphatic heterocycles. The van der Waals surface area contributed by atoms with E-state index in [4.69, 9.17) is 0 Å². The van der Waals surface area contributed by atoms with E-state index in [9.17, 15) is 18.0 Å². The predicted molar refractivity (Wildman–Crippen MR) is 131 cm³/mol. The van der Waals surface area contributed by atoms with Gasteiger partial charge in [0.1, 0.15) is 0 Å². The Morgan fingerprint density at radius 3 is 2.12 bits per heavy atom. The second kappa shape index (κ2) is 11.6. The zero-order chi connectivity index (χ0) is 25.6. The lowest BCUT2D eigenvalue weighted by Crippen LogP contribution is -2.47. The fourth-order valence-corrected chi connectivity index (χ4v) is 3.90. The van der Waals surface area contributed by atoms with Crippen LogP contribution >= 0.6 is 0 Å². The van der Waals surface area contributed by atoms with Gasteiger partial charge in [0.05, 0.1) is 11.3 Å². The van der Waals surface area contributed by atoms with Crippen molar-refractivity contribution >= 4 is 17.5 Å². The van der Waals surface area contributed by atoms with Crippen LogP contribution in [0.25, 0.3) is 0 Å². The summed E-state index contributed by atoms with van der Waals surface area (Å²) in [6, 6.07) is 10.2. The number of benzene rings is 1. The van der Waals surface area contributed by atoms with Crippen molar-refractivity contribution in [2.45, 2.75) is 59.4 Å². The largest absolute Gasteiger partial charge is 0.418 e. The standard InChI is InChI=1S/C25H36F3N5O/c1-17(2)32(18(3)4)13-14-33(24(34)31(6)7)23-22(29-16-20-11-9-8-10-12-20)21(25(26,27)28)15-19(5)30-23/h8-12,15,17-18,29H,13-14,16H2,1-7H3. The van der Waals surface area contributed by atoms with Crippen molar-refractivity contribution in [3.8, 4) is 0 Å². The molecule has 0 unspecified atom stereocenters. The molecule has 0 aliphatic carbocycles. The van der Waals surface area contributed by atoms with Crippen LogP contribution in [0.15, 0.2) is 36.4 Å². The molecule has 6 nitrogen and oxygen atoms in total. The first kappa shape index (κ1) is 27.4. The van der Waals surface area contributed by atoms with Crippen LogP contribution in [0.1, 0.15) is 44.5 Å². The lowest BCUT2D eigenvalue weighted by Gasteiger charge is -2.34. The number of hydrogen-bond donors (Lipinski definition) is 1. The fraction of sp³-hybridized carbons (Fsp3) is 0.520. The lowest BCUT2D eigenvalue weighted by molar-refractivity contribution is -0.137. The van der Waals surface area contributed by atoms with E-state index in [1.807, 2.05) is 30.3 Å². The molecule has 9 heteroatoms. The molecular weight excluding hydrogens is 443 g/mol. The number of urea groups is 1. The number of aromatic nitrogens is 1. The number of pyridine rings is 1. The zero-order valence-electron chi connectivity index (χ0n) is 21.1. The third-order valence-corrected chi connectivity index (χ3v) is 5.52. The highest BCUT2D eigenvalue weighted by molar-refractivity contribution is 5.94. The van der Waals surface area contributed by atoms with E-state index in [0.29, 0.717) is 6.54 Å². The minimum absolute atomic E-state index is 0.0191. The highest BCUT2D eigenvalue weighted by Gasteiger charge is 2.37. The molecule has 0 atom stereocenters. The molecule has 1 heterocycles. The average molecular weight is 480 g/mol. The van der Waals surface area contributed by atoms with E-state index < -0.39 is 17.8 Å². The first-order valence-corrected chi connectivity index (χ1v) is 11.4. The quantitative estimate of drug-likeness (QED) is 0.507. The number of carbonyl (C=O) groups is 1. The van der Waals surface area contributed by atoms with Gasteiger partial charge in [-0.2, -0.15) is 13.2 Å². The molecule has 0 saturated carbocycles. The Morgan fingerprint density at radius 2 is 1.62 bits per heavy atom. The zero-order valence-corrected chi connectivity index (χ0v) is 21.1. The molecule has 188 valence electrons. The maximum Gasteiger partial charge on any atom is 0.418 e. The van der Waals surface area contributed by atoms with Gasteiger partial charge in [-0.3, -0.25) is 9.80 Å². The Labute approximate surface area is 200 Å². The molecule has 1 aromatic carbocycles. The Morgan fingerprint density at radius 1 is 1.03 bits per heavy atom. The monoisotopic (exact) mass is 479 g/mol. The molecule has 2 aromatic rings. The molecule has 1 aromatic heterocycles. The van der Waals surface area contributed by atoms with Crippen LogP contribution in [0.5, 0.6) is 0 Å². The van der Waals surface area contributed by atoms with E-state index in [2.05, 4.69) is 42.9 Å². The molecule has 1 N–H and O–H groups in total. The van der Waals surface area contributed by atoms with Gasteiger partial charge in [0.15, 0.2) is 5.82 Å². The highest BCUT2D eigenvalue weighted by atomic mass is 19.4. The Balaban J connectivity index is 2.58. The number of hydrogen-bond acceptors (Lipinski definition) is 4. The summed E-state index contributed by atoms with van der Waals surface area (Å²) in [6.07, 6.45) is -4.61. The Kier molecular flexibility index (Phi) is 9.32.